The number of hydrogen-bond acceptors (Lipinski definition) is 5. The Balaban J connectivity index is 0. The molecule has 0 radical (unpaired) electrons. The number of carbonyl (C=O) groups is 3. The average Bonchev–Trinajstić information content (AvgIpc) is 3.11. The number of amides is 1. The fourth-order valence-electron chi connectivity index (χ4n) is 1.69. The van der Waals surface area contributed by atoms with E-state index in [1.165, 1.54) is 12.8 Å². The Hall–Kier alpha value is -2.53. The van der Waals surface area contributed by atoms with Gasteiger partial charge >= 0.3 is 24.3 Å². The quantitative estimate of drug-likeness (QED) is 0.433. The second-order valence-electron chi connectivity index (χ2n) is 5.73. The Labute approximate surface area is 168 Å². The molecule has 0 aliphatic carbocycles. The number of carbonyl (C=O) groups excluding carboxylic acids is 1. The first kappa shape index (κ1) is 29.7. The molecule has 0 spiro atoms. The molecular weight excluding hydrogens is 428 g/mol. The lowest BCUT2D eigenvalue weighted by Crippen LogP contribution is -2.28. The minimum Gasteiger partial charge on any atom is -0.475 e. The molecule has 8 nitrogen and oxygen atoms in total. The summed E-state index contributed by atoms with van der Waals surface area (Å²) >= 11 is 0. The lowest BCUT2D eigenvalue weighted by molar-refractivity contribution is -0.193. The zero-order chi connectivity index (χ0) is 24.0. The monoisotopic (exact) mass is 451 g/mol. The predicted octanol–water partition coefficient (Wildman–Crippen LogP) is 1.16. The van der Waals surface area contributed by atoms with Crippen LogP contribution in [0.2, 0.25) is 0 Å². The minimum atomic E-state index is -5.08. The summed E-state index contributed by atoms with van der Waals surface area (Å²) in [6.07, 6.45) is -7.18. The summed E-state index contributed by atoms with van der Waals surface area (Å²) in [7, 11) is 1.77. The molecule has 0 aromatic rings. The standard InChI is InChI=1S/C12H21N3O.2C2HF3O2/c1-14(12(16)6-7-13)8-2-3-9-15-10-4-5-11-15;2*3-2(4,5)1(6)7/h4-11,13H2,1H3;2*(H,6,7). The van der Waals surface area contributed by atoms with Crippen molar-refractivity contribution >= 4 is 17.8 Å². The van der Waals surface area contributed by atoms with Gasteiger partial charge in [-0.2, -0.15) is 26.3 Å². The number of carboxylic acids is 2. The highest BCUT2D eigenvalue weighted by Gasteiger charge is 2.38. The van der Waals surface area contributed by atoms with E-state index < -0.39 is 24.3 Å². The van der Waals surface area contributed by atoms with Crippen molar-refractivity contribution in [3.8, 4) is 11.8 Å². The van der Waals surface area contributed by atoms with Crippen LogP contribution in [0.3, 0.4) is 0 Å². The van der Waals surface area contributed by atoms with Crippen LogP contribution in [0.15, 0.2) is 0 Å². The van der Waals surface area contributed by atoms with Crippen LogP contribution in [0.25, 0.3) is 0 Å². The number of nitrogens with two attached hydrogens (primary N) is 1. The van der Waals surface area contributed by atoms with Crippen molar-refractivity contribution in [3.63, 3.8) is 0 Å². The molecule has 0 unspecified atom stereocenters. The third-order valence-electron chi connectivity index (χ3n) is 3.21. The molecule has 1 aliphatic heterocycles. The highest BCUT2D eigenvalue weighted by molar-refractivity contribution is 5.76. The van der Waals surface area contributed by atoms with E-state index in [-0.39, 0.29) is 5.91 Å². The van der Waals surface area contributed by atoms with E-state index in [9.17, 15) is 31.1 Å². The fourth-order valence-corrected chi connectivity index (χ4v) is 1.69. The fraction of sp³-hybridized carbons (Fsp3) is 0.688. The number of likely N-dealkylation sites (tertiary alicyclic amines) is 1. The van der Waals surface area contributed by atoms with Crippen molar-refractivity contribution in [2.75, 3.05) is 39.8 Å². The number of carboxylic acid groups (broad SMARTS) is 2. The lowest BCUT2D eigenvalue weighted by Gasteiger charge is -2.13. The van der Waals surface area contributed by atoms with Gasteiger partial charge in [0.05, 0.1) is 13.1 Å². The molecule has 1 rings (SSSR count). The molecule has 1 saturated heterocycles. The highest BCUT2D eigenvalue weighted by Crippen LogP contribution is 2.13. The Bertz CT molecular complexity index is 583. The zero-order valence-electron chi connectivity index (χ0n) is 16.0. The first-order valence-electron chi connectivity index (χ1n) is 8.35. The van der Waals surface area contributed by atoms with E-state index in [1.807, 2.05) is 0 Å². The normalized spacial score (nSPS) is 13.6. The molecule has 0 saturated carbocycles. The topological polar surface area (TPSA) is 124 Å². The van der Waals surface area contributed by atoms with Crippen molar-refractivity contribution in [1.29, 1.82) is 0 Å². The van der Waals surface area contributed by atoms with Gasteiger partial charge < -0.3 is 20.8 Å². The van der Waals surface area contributed by atoms with Gasteiger partial charge in [-0.15, -0.1) is 0 Å². The van der Waals surface area contributed by atoms with E-state index in [0.29, 0.717) is 19.5 Å². The van der Waals surface area contributed by atoms with E-state index in [0.717, 1.165) is 19.6 Å². The van der Waals surface area contributed by atoms with Crippen LogP contribution in [0.1, 0.15) is 19.3 Å². The minimum absolute atomic E-state index is 0.0676. The van der Waals surface area contributed by atoms with Crippen LogP contribution in [-0.4, -0.2) is 90.0 Å². The molecule has 1 heterocycles. The summed E-state index contributed by atoms with van der Waals surface area (Å²) in [5, 5.41) is 14.2. The Morgan fingerprint density at radius 1 is 0.967 bits per heavy atom. The number of hydrogen-bond donors (Lipinski definition) is 3. The zero-order valence-corrected chi connectivity index (χ0v) is 16.0. The molecule has 0 bridgehead atoms. The summed E-state index contributed by atoms with van der Waals surface area (Å²) in [6.45, 7) is 4.07. The summed E-state index contributed by atoms with van der Waals surface area (Å²) in [5.74, 6) is 0.684. The maximum Gasteiger partial charge on any atom is 0.490 e. The average molecular weight is 451 g/mol. The van der Waals surface area contributed by atoms with Gasteiger partial charge in [0, 0.05) is 20.0 Å². The van der Waals surface area contributed by atoms with Crippen LogP contribution in [0.4, 0.5) is 26.3 Å². The molecule has 1 amide bonds. The van der Waals surface area contributed by atoms with Crippen molar-refractivity contribution in [2.24, 2.45) is 5.73 Å². The summed E-state index contributed by atoms with van der Waals surface area (Å²) in [6, 6.07) is 0. The van der Waals surface area contributed by atoms with Crippen molar-refractivity contribution < 1.29 is 50.9 Å². The van der Waals surface area contributed by atoms with Gasteiger partial charge in [0.15, 0.2) is 0 Å². The van der Waals surface area contributed by atoms with Gasteiger partial charge in [-0.3, -0.25) is 9.69 Å². The molecule has 1 aliphatic rings. The molecule has 4 N–H and O–H groups in total. The summed E-state index contributed by atoms with van der Waals surface area (Å²) < 4.78 is 63.5. The number of alkyl halides is 6. The van der Waals surface area contributed by atoms with Gasteiger partial charge in [0.2, 0.25) is 5.91 Å². The third-order valence-corrected chi connectivity index (χ3v) is 3.21. The molecular formula is C16H23F6N3O5. The Kier molecular flexibility index (Phi) is 14.3. The molecule has 0 aromatic heterocycles. The SMILES string of the molecule is CN(CC#CCN1CCCC1)C(=O)CCN.O=C(O)C(F)(F)F.O=C(O)C(F)(F)F. The maximum absolute atomic E-state index is 11.4. The molecule has 174 valence electrons. The molecule has 1 fully saturated rings. The lowest BCUT2D eigenvalue weighted by atomic mass is 10.3. The number of rotatable bonds is 4. The van der Waals surface area contributed by atoms with Crippen LogP contribution in [0, 0.1) is 11.8 Å². The van der Waals surface area contributed by atoms with E-state index in [4.69, 9.17) is 25.5 Å². The molecule has 0 aromatic carbocycles. The Morgan fingerprint density at radius 2 is 1.37 bits per heavy atom. The molecule has 0 atom stereocenters. The van der Waals surface area contributed by atoms with E-state index >= 15 is 0 Å². The maximum atomic E-state index is 11.4. The van der Waals surface area contributed by atoms with Crippen molar-refractivity contribution in [1.82, 2.24) is 9.80 Å². The molecule has 14 heteroatoms. The van der Waals surface area contributed by atoms with Crippen LogP contribution < -0.4 is 5.73 Å². The Morgan fingerprint density at radius 3 is 1.70 bits per heavy atom. The van der Waals surface area contributed by atoms with Crippen molar-refractivity contribution in [3.05, 3.63) is 0 Å². The van der Waals surface area contributed by atoms with Crippen molar-refractivity contribution in [2.45, 2.75) is 31.6 Å². The third kappa shape index (κ3) is 16.4. The van der Waals surface area contributed by atoms with Gasteiger partial charge in [0.1, 0.15) is 0 Å². The second-order valence-corrected chi connectivity index (χ2v) is 5.73. The molecule has 30 heavy (non-hydrogen) atoms. The summed E-state index contributed by atoms with van der Waals surface area (Å²) in [4.78, 5) is 33.1. The second kappa shape index (κ2) is 14.5. The van der Waals surface area contributed by atoms with Gasteiger partial charge in [-0.05, 0) is 25.9 Å². The van der Waals surface area contributed by atoms with Gasteiger partial charge in [-0.25, -0.2) is 9.59 Å². The van der Waals surface area contributed by atoms with Crippen LogP contribution >= 0.6 is 0 Å². The van der Waals surface area contributed by atoms with Gasteiger partial charge in [0.25, 0.3) is 0 Å². The van der Waals surface area contributed by atoms with Gasteiger partial charge in [-0.1, -0.05) is 11.8 Å². The largest absolute Gasteiger partial charge is 0.490 e. The number of halogens is 6. The first-order chi connectivity index (χ1) is 13.6. The van der Waals surface area contributed by atoms with Crippen LogP contribution in [0.5, 0.6) is 0 Å². The predicted molar refractivity (Wildman–Crippen MR) is 92.1 cm³/mol. The number of nitrogens with zero attached hydrogens (tertiary/aromatic N) is 2. The highest BCUT2D eigenvalue weighted by atomic mass is 19.4. The number of aliphatic carboxylic acids is 2. The van der Waals surface area contributed by atoms with Crippen LogP contribution in [-0.2, 0) is 14.4 Å². The van der Waals surface area contributed by atoms with E-state index in [1.54, 1.807) is 11.9 Å². The first-order valence-corrected chi connectivity index (χ1v) is 8.35. The summed E-state index contributed by atoms with van der Waals surface area (Å²) in [5.41, 5.74) is 5.31. The smallest absolute Gasteiger partial charge is 0.475 e. The van der Waals surface area contributed by atoms with E-state index in [2.05, 4.69) is 16.7 Å².